The standard InChI is InChI=1S/C15H17N7O2/c16-5-2-11(23)21-8-3-10(4-9-21)19-15(24)12-13(17)20-22-7-1-6-18-14(12)22/h1,6-7,10H,2-4,8-9H2,(H2,17,20)(H,19,24). The maximum absolute atomic E-state index is 12.5. The third-order valence-electron chi connectivity index (χ3n) is 4.06. The molecule has 3 heterocycles. The third-order valence-corrected chi connectivity index (χ3v) is 4.06. The molecule has 2 aromatic rings. The van der Waals surface area contributed by atoms with Crippen molar-refractivity contribution in [1.29, 1.82) is 5.26 Å². The Bertz CT molecular complexity index is 815. The van der Waals surface area contributed by atoms with Crippen molar-refractivity contribution in [3.63, 3.8) is 0 Å². The summed E-state index contributed by atoms with van der Waals surface area (Å²) in [5.41, 5.74) is 6.51. The highest BCUT2D eigenvalue weighted by atomic mass is 16.2. The fraction of sp³-hybridized carbons (Fsp3) is 0.400. The van der Waals surface area contributed by atoms with E-state index in [9.17, 15) is 9.59 Å². The van der Waals surface area contributed by atoms with E-state index in [-0.39, 0.29) is 35.7 Å². The van der Waals surface area contributed by atoms with Gasteiger partial charge in [0.25, 0.3) is 5.91 Å². The van der Waals surface area contributed by atoms with Gasteiger partial charge in [-0.2, -0.15) is 5.26 Å². The lowest BCUT2D eigenvalue weighted by molar-refractivity contribution is -0.131. The molecule has 1 saturated heterocycles. The summed E-state index contributed by atoms with van der Waals surface area (Å²) in [6.07, 6.45) is 4.41. The van der Waals surface area contributed by atoms with Gasteiger partial charge in [0.1, 0.15) is 12.0 Å². The highest BCUT2D eigenvalue weighted by Crippen LogP contribution is 2.17. The second-order valence-corrected chi connectivity index (χ2v) is 5.61. The predicted octanol–water partition coefficient (Wildman–Crippen LogP) is -0.0540. The highest BCUT2D eigenvalue weighted by Gasteiger charge is 2.26. The van der Waals surface area contributed by atoms with Crippen molar-refractivity contribution in [2.45, 2.75) is 25.3 Å². The Labute approximate surface area is 138 Å². The molecule has 2 amide bonds. The van der Waals surface area contributed by atoms with E-state index in [0.717, 1.165) is 0 Å². The van der Waals surface area contributed by atoms with Crippen LogP contribution in [0.3, 0.4) is 0 Å². The van der Waals surface area contributed by atoms with Gasteiger partial charge < -0.3 is 16.0 Å². The number of nitrogen functional groups attached to an aromatic ring is 1. The first kappa shape index (κ1) is 15.7. The molecule has 3 rings (SSSR count). The number of hydrogen-bond donors (Lipinski definition) is 2. The number of amides is 2. The van der Waals surface area contributed by atoms with Crippen molar-refractivity contribution in [2.75, 3.05) is 18.8 Å². The summed E-state index contributed by atoms with van der Waals surface area (Å²) in [6.45, 7) is 1.04. The number of nitriles is 1. The van der Waals surface area contributed by atoms with E-state index in [1.165, 1.54) is 4.52 Å². The largest absolute Gasteiger partial charge is 0.381 e. The zero-order valence-electron chi connectivity index (χ0n) is 13.0. The van der Waals surface area contributed by atoms with Gasteiger partial charge in [0.05, 0.1) is 6.07 Å². The van der Waals surface area contributed by atoms with Crippen molar-refractivity contribution < 1.29 is 9.59 Å². The number of nitrogens with one attached hydrogen (secondary N) is 1. The summed E-state index contributed by atoms with van der Waals surface area (Å²) in [7, 11) is 0. The first-order chi connectivity index (χ1) is 11.6. The lowest BCUT2D eigenvalue weighted by atomic mass is 10.0. The molecule has 0 spiro atoms. The lowest BCUT2D eigenvalue weighted by Crippen LogP contribution is -2.46. The van der Waals surface area contributed by atoms with Crippen molar-refractivity contribution in [1.82, 2.24) is 24.8 Å². The van der Waals surface area contributed by atoms with Crippen LogP contribution < -0.4 is 11.1 Å². The summed E-state index contributed by atoms with van der Waals surface area (Å²) in [6, 6.07) is 3.51. The van der Waals surface area contributed by atoms with E-state index in [0.29, 0.717) is 31.6 Å². The van der Waals surface area contributed by atoms with Gasteiger partial charge in [0, 0.05) is 31.5 Å². The molecule has 1 fully saturated rings. The number of aromatic nitrogens is 3. The van der Waals surface area contributed by atoms with Gasteiger partial charge in [-0.05, 0) is 18.9 Å². The summed E-state index contributed by atoms with van der Waals surface area (Å²) in [5, 5.41) is 15.6. The summed E-state index contributed by atoms with van der Waals surface area (Å²) < 4.78 is 1.47. The van der Waals surface area contributed by atoms with Gasteiger partial charge in [-0.3, -0.25) is 9.59 Å². The van der Waals surface area contributed by atoms with Crippen LogP contribution in [0.2, 0.25) is 0 Å². The number of anilines is 1. The van der Waals surface area contributed by atoms with E-state index in [1.807, 2.05) is 6.07 Å². The molecule has 24 heavy (non-hydrogen) atoms. The normalized spacial score (nSPS) is 15.2. The number of piperidine rings is 1. The van der Waals surface area contributed by atoms with E-state index in [1.54, 1.807) is 23.4 Å². The van der Waals surface area contributed by atoms with E-state index in [4.69, 9.17) is 11.0 Å². The summed E-state index contributed by atoms with van der Waals surface area (Å²) >= 11 is 0. The van der Waals surface area contributed by atoms with Gasteiger partial charge in [-0.15, -0.1) is 5.10 Å². The Balaban J connectivity index is 1.65. The minimum absolute atomic E-state index is 0.0540. The average Bonchev–Trinajstić information content (AvgIpc) is 2.91. The smallest absolute Gasteiger partial charge is 0.259 e. The van der Waals surface area contributed by atoms with Crippen LogP contribution in [-0.4, -0.2) is 50.4 Å². The van der Waals surface area contributed by atoms with Crippen LogP contribution in [0.25, 0.3) is 5.65 Å². The highest BCUT2D eigenvalue weighted by molar-refractivity contribution is 6.04. The molecule has 0 aromatic carbocycles. The van der Waals surface area contributed by atoms with E-state index < -0.39 is 0 Å². The number of nitrogens with two attached hydrogens (primary N) is 1. The summed E-state index contributed by atoms with van der Waals surface area (Å²) in [5.74, 6) is -0.353. The van der Waals surface area contributed by atoms with Crippen molar-refractivity contribution in [3.05, 3.63) is 24.0 Å². The second kappa shape index (κ2) is 6.54. The van der Waals surface area contributed by atoms with E-state index >= 15 is 0 Å². The second-order valence-electron chi connectivity index (χ2n) is 5.61. The quantitative estimate of drug-likeness (QED) is 0.813. The number of carbonyl (C=O) groups excluding carboxylic acids is 2. The number of fused-ring (bicyclic) bond motifs is 1. The molecule has 0 unspecified atom stereocenters. The molecule has 0 saturated carbocycles. The third kappa shape index (κ3) is 2.99. The molecular weight excluding hydrogens is 310 g/mol. The van der Waals surface area contributed by atoms with Gasteiger partial charge in [-0.1, -0.05) is 0 Å². The Morgan fingerprint density at radius 2 is 2.17 bits per heavy atom. The average molecular weight is 327 g/mol. The maximum Gasteiger partial charge on any atom is 0.259 e. The first-order valence-electron chi connectivity index (χ1n) is 7.64. The van der Waals surface area contributed by atoms with Crippen LogP contribution in [0.15, 0.2) is 18.5 Å². The predicted molar refractivity (Wildman–Crippen MR) is 84.7 cm³/mol. The minimum Gasteiger partial charge on any atom is -0.381 e. The summed E-state index contributed by atoms with van der Waals surface area (Å²) in [4.78, 5) is 30.0. The molecule has 0 atom stereocenters. The molecule has 9 heteroatoms. The Kier molecular flexibility index (Phi) is 4.29. The lowest BCUT2D eigenvalue weighted by Gasteiger charge is -2.31. The number of carbonyl (C=O) groups is 2. The van der Waals surface area contributed by atoms with Crippen molar-refractivity contribution >= 4 is 23.3 Å². The molecule has 0 bridgehead atoms. The SMILES string of the molecule is N#CCC(=O)N1CCC(NC(=O)c2c(N)nn3cccnc23)CC1. The maximum atomic E-state index is 12.5. The fourth-order valence-corrected chi connectivity index (χ4v) is 2.83. The molecule has 0 radical (unpaired) electrons. The molecule has 1 aliphatic rings. The molecule has 1 aliphatic heterocycles. The van der Waals surface area contributed by atoms with Gasteiger partial charge >= 0.3 is 0 Å². The molecular formula is C15H17N7O2. The molecule has 9 nitrogen and oxygen atoms in total. The first-order valence-corrected chi connectivity index (χ1v) is 7.64. The van der Waals surface area contributed by atoms with Gasteiger partial charge in [0.15, 0.2) is 11.5 Å². The zero-order valence-corrected chi connectivity index (χ0v) is 13.0. The number of nitrogens with zero attached hydrogens (tertiary/aromatic N) is 5. The fourth-order valence-electron chi connectivity index (χ4n) is 2.83. The Morgan fingerprint density at radius 1 is 1.42 bits per heavy atom. The topological polar surface area (TPSA) is 129 Å². The van der Waals surface area contributed by atoms with Crippen LogP contribution in [0.4, 0.5) is 5.82 Å². The molecule has 2 aromatic heterocycles. The Hall–Kier alpha value is -3.15. The van der Waals surface area contributed by atoms with Crippen LogP contribution in [0.5, 0.6) is 0 Å². The van der Waals surface area contributed by atoms with Gasteiger partial charge in [-0.25, -0.2) is 9.50 Å². The van der Waals surface area contributed by atoms with Crippen LogP contribution in [-0.2, 0) is 4.79 Å². The monoisotopic (exact) mass is 327 g/mol. The minimum atomic E-state index is -0.317. The number of rotatable bonds is 3. The van der Waals surface area contributed by atoms with Crippen LogP contribution in [0.1, 0.15) is 29.6 Å². The number of likely N-dealkylation sites (tertiary alicyclic amines) is 1. The molecule has 3 N–H and O–H groups in total. The molecule has 124 valence electrons. The van der Waals surface area contributed by atoms with Crippen LogP contribution in [0, 0.1) is 11.3 Å². The van der Waals surface area contributed by atoms with Crippen molar-refractivity contribution in [3.8, 4) is 6.07 Å². The number of hydrogen-bond acceptors (Lipinski definition) is 6. The Morgan fingerprint density at radius 3 is 2.88 bits per heavy atom. The van der Waals surface area contributed by atoms with E-state index in [2.05, 4.69) is 15.4 Å². The van der Waals surface area contributed by atoms with Crippen molar-refractivity contribution in [2.24, 2.45) is 0 Å². The van der Waals surface area contributed by atoms with Gasteiger partial charge in [0.2, 0.25) is 5.91 Å². The van der Waals surface area contributed by atoms with Crippen LogP contribution >= 0.6 is 0 Å². The molecule has 0 aliphatic carbocycles. The zero-order chi connectivity index (χ0) is 17.1.